The lowest BCUT2D eigenvalue weighted by Gasteiger charge is -2.39. The molecule has 0 bridgehead atoms. The highest BCUT2D eigenvalue weighted by atomic mass is 19.1. The van der Waals surface area contributed by atoms with Crippen LogP contribution in [0, 0.1) is 11.7 Å². The van der Waals surface area contributed by atoms with Crippen molar-refractivity contribution in [2.24, 2.45) is 5.92 Å². The Morgan fingerprint density at radius 1 is 1.35 bits per heavy atom. The van der Waals surface area contributed by atoms with Crippen molar-refractivity contribution in [1.82, 2.24) is 0 Å². The summed E-state index contributed by atoms with van der Waals surface area (Å²) in [5.74, 6) is 0.356. The highest BCUT2D eigenvalue weighted by Crippen LogP contribution is 2.32. The Hall–Kier alpha value is -1.09. The summed E-state index contributed by atoms with van der Waals surface area (Å²) in [4.78, 5) is 2.11. The number of para-hydroxylation sites is 1. The molecule has 1 heterocycles. The molecule has 1 N–H and O–H groups in total. The van der Waals surface area contributed by atoms with E-state index in [1.54, 1.807) is 12.1 Å². The zero-order valence-corrected chi connectivity index (χ0v) is 10.5. The molecule has 0 spiro atoms. The van der Waals surface area contributed by atoms with Crippen molar-refractivity contribution in [3.8, 4) is 0 Å². The van der Waals surface area contributed by atoms with Gasteiger partial charge in [0.1, 0.15) is 5.82 Å². The number of anilines is 1. The molecule has 2 atom stereocenters. The van der Waals surface area contributed by atoms with Crippen molar-refractivity contribution in [3.05, 3.63) is 29.6 Å². The average Bonchev–Trinajstić information content (AvgIpc) is 2.32. The Morgan fingerprint density at radius 3 is 2.82 bits per heavy atom. The summed E-state index contributed by atoms with van der Waals surface area (Å²) >= 11 is 0. The number of aliphatic hydroxyl groups excluding tert-OH is 1. The molecule has 2 rings (SSSR count). The van der Waals surface area contributed by atoms with Crippen LogP contribution in [-0.4, -0.2) is 17.7 Å². The second kappa shape index (κ2) is 5.05. The third-order valence-electron chi connectivity index (χ3n) is 3.65. The Kier molecular flexibility index (Phi) is 3.67. The van der Waals surface area contributed by atoms with Gasteiger partial charge in [-0.2, -0.15) is 0 Å². The standard InChI is InChI=1S/C14H20FNO/c1-10-6-7-11(2)16(8-10)14-12(9-17)4-3-5-13(14)15/h3-5,10-11,17H,6-9H2,1-2H3. The SMILES string of the molecule is CC1CCC(C)N(c2c(F)cccc2CO)C1. The van der Waals surface area contributed by atoms with Gasteiger partial charge in [0.2, 0.25) is 0 Å². The van der Waals surface area contributed by atoms with Gasteiger partial charge >= 0.3 is 0 Å². The summed E-state index contributed by atoms with van der Waals surface area (Å²) in [5, 5.41) is 9.33. The molecular formula is C14H20FNO. The third kappa shape index (κ3) is 2.44. The van der Waals surface area contributed by atoms with Gasteiger partial charge in [-0.1, -0.05) is 19.1 Å². The van der Waals surface area contributed by atoms with Crippen LogP contribution in [0.1, 0.15) is 32.3 Å². The molecule has 0 aliphatic carbocycles. The minimum absolute atomic E-state index is 0.106. The van der Waals surface area contributed by atoms with Crippen LogP contribution in [-0.2, 0) is 6.61 Å². The molecule has 1 aliphatic rings. The van der Waals surface area contributed by atoms with E-state index < -0.39 is 0 Å². The van der Waals surface area contributed by atoms with Gasteiger partial charge in [0.15, 0.2) is 0 Å². The normalized spacial score (nSPS) is 25.1. The van der Waals surface area contributed by atoms with Crippen LogP contribution in [0.2, 0.25) is 0 Å². The fourth-order valence-corrected chi connectivity index (χ4v) is 2.61. The number of aliphatic hydroxyl groups is 1. The van der Waals surface area contributed by atoms with E-state index in [4.69, 9.17) is 0 Å². The summed E-state index contributed by atoms with van der Waals surface area (Å²) in [7, 11) is 0. The first kappa shape index (κ1) is 12.4. The highest BCUT2D eigenvalue weighted by Gasteiger charge is 2.26. The average molecular weight is 237 g/mol. The minimum atomic E-state index is -0.225. The number of piperidine rings is 1. The monoisotopic (exact) mass is 237 g/mol. The van der Waals surface area contributed by atoms with Gasteiger partial charge in [-0.3, -0.25) is 0 Å². The van der Waals surface area contributed by atoms with Crippen molar-refractivity contribution >= 4 is 5.69 Å². The molecule has 1 aromatic rings. The largest absolute Gasteiger partial charge is 0.392 e. The second-order valence-corrected chi connectivity index (χ2v) is 5.09. The lowest BCUT2D eigenvalue weighted by molar-refractivity contribution is 0.280. The van der Waals surface area contributed by atoms with E-state index in [0.29, 0.717) is 23.2 Å². The number of hydrogen-bond donors (Lipinski definition) is 1. The van der Waals surface area contributed by atoms with Gasteiger partial charge in [0.25, 0.3) is 0 Å². The van der Waals surface area contributed by atoms with E-state index in [1.807, 2.05) is 0 Å². The van der Waals surface area contributed by atoms with Crippen molar-refractivity contribution in [1.29, 1.82) is 0 Å². The fourth-order valence-electron chi connectivity index (χ4n) is 2.61. The molecule has 1 aromatic carbocycles. The summed E-state index contributed by atoms with van der Waals surface area (Å²) in [6.07, 6.45) is 2.28. The molecule has 94 valence electrons. The van der Waals surface area contributed by atoms with Crippen LogP contribution in [0.25, 0.3) is 0 Å². The predicted molar refractivity (Wildman–Crippen MR) is 67.5 cm³/mol. The van der Waals surface area contributed by atoms with Crippen LogP contribution >= 0.6 is 0 Å². The van der Waals surface area contributed by atoms with Gasteiger partial charge in [0.05, 0.1) is 12.3 Å². The molecule has 0 aromatic heterocycles. The molecule has 3 heteroatoms. The Morgan fingerprint density at radius 2 is 2.12 bits per heavy atom. The van der Waals surface area contributed by atoms with E-state index in [1.165, 1.54) is 12.5 Å². The number of hydrogen-bond acceptors (Lipinski definition) is 2. The second-order valence-electron chi connectivity index (χ2n) is 5.09. The number of benzene rings is 1. The molecule has 0 radical (unpaired) electrons. The van der Waals surface area contributed by atoms with Crippen molar-refractivity contribution in [2.45, 2.75) is 39.3 Å². The van der Waals surface area contributed by atoms with Gasteiger partial charge in [-0.25, -0.2) is 4.39 Å². The molecule has 1 aliphatic heterocycles. The molecule has 1 saturated heterocycles. The van der Waals surface area contributed by atoms with E-state index in [-0.39, 0.29) is 12.4 Å². The summed E-state index contributed by atoms with van der Waals surface area (Å²) in [6, 6.07) is 5.27. The van der Waals surface area contributed by atoms with E-state index >= 15 is 0 Å². The summed E-state index contributed by atoms with van der Waals surface area (Å²) in [5.41, 5.74) is 1.28. The topological polar surface area (TPSA) is 23.5 Å². The number of rotatable bonds is 2. The minimum Gasteiger partial charge on any atom is -0.392 e. The van der Waals surface area contributed by atoms with Crippen molar-refractivity contribution in [3.63, 3.8) is 0 Å². The quantitative estimate of drug-likeness (QED) is 0.855. The van der Waals surface area contributed by atoms with E-state index in [9.17, 15) is 9.50 Å². The molecule has 0 saturated carbocycles. The molecule has 1 fully saturated rings. The van der Waals surface area contributed by atoms with Crippen molar-refractivity contribution < 1.29 is 9.50 Å². The molecular weight excluding hydrogens is 217 g/mol. The molecule has 2 nitrogen and oxygen atoms in total. The van der Waals surface area contributed by atoms with Crippen molar-refractivity contribution in [2.75, 3.05) is 11.4 Å². The molecule has 2 unspecified atom stereocenters. The number of nitrogens with zero attached hydrogens (tertiary/aromatic N) is 1. The van der Waals surface area contributed by atoms with Crippen LogP contribution < -0.4 is 4.90 Å². The fraction of sp³-hybridized carbons (Fsp3) is 0.571. The first-order valence-electron chi connectivity index (χ1n) is 6.28. The van der Waals surface area contributed by atoms with Gasteiger partial charge < -0.3 is 10.0 Å². The number of halogens is 1. The summed E-state index contributed by atoms with van der Waals surface area (Å²) < 4.78 is 14.0. The van der Waals surface area contributed by atoms with Crippen LogP contribution in [0.5, 0.6) is 0 Å². The molecule has 17 heavy (non-hydrogen) atoms. The lowest BCUT2D eigenvalue weighted by Crippen LogP contribution is -2.42. The predicted octanol–water partition coefficient (Wildman–Crippen LogP) is 2.94. The van der Waals surface area contributed by atoms with Crippen LogP contribution in [0.3, 0.4) is 0 Å². The lowest BCUT2D eigenvalue weighted by atomic mass is 9.93. The Balaban J connectivity index is 2.37. The third-order valence-corrected chi connectivity index (χ3v) is 3.65. The zero-order chi connectivity index (χ0) is 12.4. The van der Waals surface area contributed by atoms with Crippen LogP contribution in [0.4, 0.5) is 10.1 Å². The van der Waals surface area contributed by atoms with Crippen LogP contribution in [0.15, 0.2) is 18.2 Å². The smallest absolute Gasteiger partial charge is 0.146 e. The first-order valence-corrected chi connectivity index (χ1v) is 6.28. The first-order chi connectivity index (χ1) is 8.13. The zero-order valence-electron chi connectivity index (χ0n) is 10.5. The maximum atomic E-state index is 14.0. The van der Waals surface area contributed by atoms with E-state index in [0.717, 1.165) is 13.0 Å². The Bertz CT molecular complexity index is 394. The maximum Gasteiger partial charge on any atom is 0.146 e. The van der Waals surface area contributed by atoms with Gasteiger partial charge in [0, 0.05) is 18.2 Å². The Labute approximate surface area is 102 Å². The maximum absolute atomic E-state index is 14.0. The van der Waals surface area contributed by atoms with Gasteiger partial charge in [-0.05, 0) is 31.7 Å². The van der Waals surface area contributed by atoms with E-state index in [2.05, 4.69) is 18.7 Å². The summed E-state index contributed by atoms with van der Waals surface area (Å²) in [6.45, 7) is 5.08. The molecule has 0 amide bonds. The van der Waals surface area contributed by atoms with Gasteiger partial charge in [-0.15, -0.1) is 0 Å². The highest BCUT2D eigenvalue weighted by molar-refractivity contribution is 5.55.